The summed E-state index contributed by atoms with van der Waals surface area (Å²) < 4.78 is 19.1. The zero-order valence-electron chi connectivity index (χ0n) is 14.4. The summed E-state index contributed by atoms with van der Waals surface area (Å²) in [6.07, 6.45) is 0.523. The van der Waals surface area contributed by atoms with Crippen LogP contribution in [0.2, 0.25) is 0 Å². The third-order valence-electron chi connectivity index (χ3n) is 3.81. The van der Waals surface area contributed by atoms with E-state index in [2.05, 4.69) is 17.1 Å². The van der Waals surface area contributed by atoms with Gasteiger partial charge < -0.3 is 10.1 Å². The number of nitrogens with one attached hydrogen (secondary N) is 1. The van der Waals surface area contributed by atoms with Crippen molar-refractivity contribution in [1.29, 1.82) is 0 Å². The van der Waals surface area contributed by atoms with Crippen molar-refractivity contribution in [2.75, 3.05) is 13.1 Å². The van der Waals surface area contributed by atoms with Gasteiger partial charge in [-0.25, -0.2) is 9.18 Å². The van der Waals surface area contributed by atoms with Gasteiger partial charge in [-0.15, -0.1) is 0 Å². The van der Waals surface area contributed by atoms with E-state index in [9.17, 15) is 9.18 Å². The molecule has 2 atom stereocenters. The molecular weight excluding hydrogens is 295 g/mol. The van der Waals surface area contributed by atoms with Crippen molar-refractivity contribution < 1.29 is 13.9 Å². The molecule has 5 heteroatoms. The predicted molar refractivity (Wildman–Crippen MR) is 88.6 cm³/mol. The van der Waals surface area contributed by atoms with Crippen LogP contribution in [-0.4, -0.2) is 35.7 Å². The summed E-state index contributed by atoms with van der Waals surface area (Å²) in [5.74, 6) is 0.262. The lowest BCUT2D eigenvalue weighted by Gasteiger charge is -2.37. The molecule has 4 nitrogen and oxygen atoms in total. The number of amides is 1. The zero-order chi connectivity index (χ0) is 17.0. The van der Waals surface area contributed by atoms with Crippen molar-refractivity contribution in [2.24, 2.45) is 5.92 Å². The quantitative estimate of drug-likeness (QED) is 0.925. The fraction of sp³-hybridized carbons (Fsp3) is 0.611. The van der Waals surface area contributed by atoms with E-state index in [4.69, 9.17) is 4.74 Å². The summed E-state index contributed by atoms with van der Waals surface area (Å²) in [5.41, 5.74) is 0.189. The van der Waals surface area contributed by atoms with E-state index in [1.54, 1.807) is 6.07 Å². The van der Waals surface area contributed by atoms with Crippen molar-refractivity contribution in [3.05, 3.63) is 35.6 Å². The molecule has 1 amide bonds. The third kappa shape index (κ3) is 5.82. The zero-order valence-corrected chi connectivity index (χ0v) is 14.4. The molecule has 1 heterocycles. The highest BCUT2D eigenvalue weighted by Crippen LogP contribution is 2.20. The maximum absolute atomic E-state index is 13.8. The number of carbonyl (C=O) groups is 1. The minimum absolute atomic E-state index is 0.0281. The standard InChI is InChI=1S/C18H27FN2O2/c1-13-9-15(20-17(22)23-18(2,3)4)12-21(10-13)11-14-7-5-6-8-16(14)19/h5-8,13,15H,9-12H2,1-4H3,(H,20,22). The Bertz CT molecular complexity index is 542. The van der Waals surface area contributed by atoms with E-state index in [0.717, 1.165) is 13.0 Å². The lowest BCUT2D eigenvalue weighted by Crippen LogP contribution is -2.50. The Kier molecular flexibility index (Phi) is 5.63. The van der Waals surface area contributed by atoms with Gasteiger partial charge in [0.05, 0.1) is 0 Å². The van der Waals surface area contributed by atoms with Crippen LogP contribution >= 0.6 is 0 Å². The molecule has 128 valence electrons. The number of alkyl carbamates (subject to hydrolysis) is 1. The van der Waals surface area contributed by atoms with Crippen molar-refractivity contribution in [3.8, 4) is 0 Å². The summed E-state index contributed by atoms with van der Waals surface area (Å²) in [5, 5.41) is 2.94. The van der Waals surface area contributed by atoms with Crippen molar-refractivity contribution in [3.63, 3.8) is 0 Å². The molecule has 0 aliphatic carbocycles. The highest BCUT2D eigenvalue weighted by molar-refractivity contribution is 5.68. The molecule has 2 rings (SSSR count). The molecule has 0 radical (unpaired) electrons. The van der Waals surface area contributed by atoms with Crippen LogP contribution in [0.5, 0.6) is 0 Å². The van der Waals surface area contributed by atoms with Gasteiger partial charge in [0.25, 0.3) is 0 Å². The third-order valence-corrected chi connectivity index (χ3v) is 3.81. The van der Waals surface area contributed by atoms with Crippen LogP contribution in [-0.2, 0) is 11.3 Å². The van der Waals surface area contributed by atoms with Crippen molar-refractivity contribution in [1.82, 2.24) is 10.2 Å². The molecule has 1 aliphatic rings. The molecule has 1 aliphatic heterocycles. The monoisotopic (exact) mass is 322 g/mol. The van der Waals surface area contributed by atoms with Crippen LogP contribution in [0.1, 0.15) is 39.7 Å². The van der Waals surface area contributed by atoms with E-state index in [1.165, 1.54) is 6.07 Å². The highest BCUT2D eigenvalue weighted by Gasteiger charge is 2.27. The molecule has 0 bridgehead atoms. The second kappa shape index (κ2) is 7.30. The summed E-state index contributed by atoms with van der Waals surface area (Å²) in [6.45, 7) is 9.86. The number of likely N-dealkylation sites (tertiary alicyclic amines) is 1. The van der Waals surface area contributed by atoms with E-state index in [-0.39, 0.29) is 18.0 Å². The van der Waals surface area contributed by atoms with Crippen molar-refractivity contribution in [2.45, 2.75) is 52.3 Å². The number of halogens is 1. The number of nitrogens with zero attached hydrogens (tertiary/aromatic N) is 1. The number of rotatable bonds is 3. The van der Waals surface area contributed by atoms with Crippen molar-refractivity contribution >= 4 is 6.09 Å². The van der Waals surface area contributed by atoms with Gasteiger partial charge in [0, 0.05) is 31.2 Å². The van der Waals surface area contributed by atoms with Crippen LogP contribution in [0.3, 0.4) is 0 Å². The van der Waals surface area contributed by atoms with Gasteiger partial charge in [0.15, 0.2) is 0 Å². The Morgan fingerprint density at radius 1 is 1.35 bits per heavy atom. The average molecular weight is 322 g/mol. The minimum atomic E-state index is -0.503. The van der Waals surface area contributed by atoms with E-state index >= 15 is 0 Å². The van der Waals surface area contributed by atoms with Gasteiger partial charge in [-0.1, -0.05) is 25.1 Å². The molecule has 1 aromatic rings. The largest absolute Gasteiger partial charge is 0.444 e. The molecule has 0 spiro atoms. The Morgan fingerprint density at radius 3 is 2.70 bits per heavy atom. The SMILES string of the molecule is CC1CC(NC(=O)OC(C)(C)C)CN(Cc2ccccc2F)C1. The molecule has 1 N–H and O–H groups in total. The van der Waals surface area contributed by atoms with E-state index < -0.39 is 5.60 Å². The number of hydrogen-bond acceptors (Lipinski definition) is 3. The summed E-state index contributed by atoms with van der Waals surface area (Å²) in [7, 11) is 0. The number of piperidine rings is 1. The first-order valence-electron chi connectivity index (χ1n) is 8.18. The normalized spacial score (nSPS) is 22.7. The maximum atomic E-state index is 13.8. The summed E-state index contributed by atoms with van der Waals surface area (Å²) in [4.78, 5) is 14.1. The molecular formula is C18H27FN2O2. The lowest BCUT2D eigenvalue weighted by atomic mass is 9.95. The Morgan fingerprint density at radius 2 is 2.04 bits per heavy atom. The minimum Gasteiger partial charge on any atom is -0.444 e. The number of hydrogen-bond donors (Lipinski definition) is 1. The molecule has 0 aromatic heterocycles. The topological polar surface area (TPSA) is 41.6 Å². The number of ether oxygens (including phenoxy) is 1. The second-order valence-electron chi connectivity index (χ2n) is 7.47. The lowest BCUT2D eigenvalue weighted by molar-refractivity contribution is 0.0449. The van der Waals surface area contributed by atoms with Crippen LogP contribution in [0.25, 0.3) is 0 Å². The molecule has 1 aromatic carbocycles. The molecule has 1 fully saturated rings. The Labute approximate surface area is 138 Å². The van der Waals surface area contributed by atoms with Crippen LogP contribution in [0, 0.1) is 11.7 Å². The smallest absolute Gasteiger partial charge is 0.407 e. The fourth-order valence-corrected chi connectivity index (χ4v) is 3.04. The number of carbonyl (C=O) groups excluding carboxylic acids is 1. The fourth-order valence-electron chi connectivity index (χ4n) is 3.04. The van der Waals surface area contributed by atoms with Gasteiger partial charge in [-0.05, 0) is 39.2 Å². The first-order valence-corrected chi connectivity index (χ1v) is 8.18. The van der Waals surface area contributed by atoms with Crippen LogP contribution in [0.4, 0.5) is 9.18 Å². The van der Waals surface area contributed by atoms with Gasteiger partial charge in [-0.3, -0.25) is 4.90 Å². The number of benzene rings is 1. The van der Waals surface area contributed by atoms with E-state index in [0.29, 0.717) is 24.6 Å². The molecule has 23 heavy (non-hydrogen) atoms. The Hall–Kier alpha value is -1.62. The predicted octanol–water partition coefficient (Wildman–Crippen LogP) is 3.56. The summed E-state index contributed by atoms with van der Waals surface area (Å²) >= 11 is 0. The average Bonchev–Trinajstić information content (AvgIpc) is 2.38. The van der Waals surface area contributed by atoms with Crippen LogP contribution in [0.15, 0.2) is 24.3 Å². The first-order chi connectivity index (χ1) is 10.7. The molecule has 0 saturated carbocycles. The Balaban J connectivity index is 1.94. The molecule has 1 saturated heterocycles. The van der Waals surface area contributed by atoms with Gasteiger partial charge in [0.1, 0.15) is 11.4 Å². The highest BCUT2D eigenvalue weighted by atomic mass is 19.1. The summed E-state index contributed by atoms with van der Waals surface area (Å²) in [6, 6.07) is 6.87. The molecule has 2 unspecified atom stereocenters. The van der Waals surface area contributed by atoms with E-state index in [1.807, 2.05) is 32.9 Å². The van der Waals surface area contributed by atoms with Gasteiger partial charge in [0.2, 0.25) is 0 Å². The van der Waals surface area contributed by atoms with Gasteiger partial charge >= 0.3 is 6.09 Å². The maximum Gasteiger partial charge on any atom is 0.407 e. The van der Waals surface area contributed by atoms with Gasteiger partial charge in [-0.2, -0.15) is 0 Å². The second-order valence-corrected chi connectivity index (χ2v) is 7.47. The van der Waals surface area contributed by atoms with Crippen LogP contribution < -0.4 is 5.32 Å². The first kappa shape index (κ1) is 17.7.